The molecule has 1 saturated carbocycles. The number of hydrogen-bond donors (Lipinski definition) is 1. The molecule has 0 radical (unpaired) electrons. The van der Waals surface area contributed by atoms with Crippen molar-refractivity contribution in [3.8, 4) is 5.75 Å². The van der Waals surface area contributed by atoms with Gasteiger partial charge in [-0.3, -0.25) is 0 Å². The zero-order valence-electron chi connectivity index (χ0n) is 8.00. The van der Waals surface area contributed by atoms with E-state index in [1.165, 1.54) is 18.9 Å². The molecule has 1 aliphatic rings. The average molecular weight is 195 g/mol. The predicted molar refractivity (Wildman–Crippen MR) is 52.5 cm³/mol. The Bertz CT molecular complexity index is 323. The summed E-state index contributed by atoms with van der Waals surface area (Å²) in [5.74, 6) is 0.672. The Kier molecular flexibility index (Phi) is 2.68. The third-order valence-electron chi connectivity index (χ3n) is 2.40. The molecule has 1 aromatic carbocycles. The third-order valence-corrected chi connectivity index (χ3v) is 2.40. The van der Waals surface area contributed by atoms with E-state index < -0.39 is 0 Å². The predicted octanol–water partition coefficient (Wildman–Crippen LogP) is 2.07. The maximum absolute atomic E-state index is 13.3. The Morgan fingerprint density at radius 1 is 1.43 bits per heavy atom. The zero-order valence-corrected chi connectivity index (χ0v) is 8.00. The highest BCUT2D eigenvalue weighted by Gasteiger charge is 2.22. The summed E-state index contributed by atoms with van der Waals surface area (Å²) in [7, 11) is 0. The second-order valence-electron chi connectivity index (χ2n) is 3.72. The smallest absolute Gasteiger partial charge is 0.165 e. The summed E-state index contributed by atoms with van der Waals surface area (Å²) in [6.45, 7) is 0.999. The highest BCUT2D eigenvalue weighted by Crippen LogP contribution is 2.30. The van der Waals surface area contributed by atoms with Gasteiger partial charge in [-0.2, -0.15) is 0 Å². The van der Waals surface area contributed by atoms with E-state index in [9.17, 15) is 4.39 Å². The van der Waals surface area contributed by atoms with Gasteiger partial charge in [0.2, 0.25) is 0 Å². The summed E-state index contributed by atoms with van der Waals surface area (Å²) in [4.78, 5) is 0. The molecule has 1 aromatic rings. The van der Waals surface area contributed by atoms with Crippen molar-refractivity contribution in [2.45, 2.75) is 19.4 Å². The molecule has 2 rings (SSSR count). The van der Waals surface area contributed by atoms with E-state index in [-0.39, 0.29) is 5.82 Å². The molecule has 2 N–H and O–H groups in total. The largest absolute Gasteiger partial charge is 0.490 e. The first-order valence-electron chi connectivity index (χ1n) is 4.91. The first kappa shape index (κ1) is 9.46. The molecule has 76 valence electrons. The van der Waals surface area contributed by atoms with Crippen LogP contribution < -0.4 is 10.5 Å². The van der Waals surface area contributed by atoms with Gasteiger partial charge in [-0.15, -0.1) is 0 Å². The van der Waals surface area contributed by atoms with Crippen LogP contribution in [0.25, 0.3) is 0 Å². The van der Waals surface area contributed by atoms with E-state index in [0.717, 1.165) is 5.56 Å². The maximum Gasteiger partial charge on any atom is 0.165 e. The van der Waals surface area contributed by atoms with E-state index in [1.54, 1.807) is 12.1 Å². The van der Waals surface area contributed by atoms with Crippen molar-refractivity contribution in [2.24, 2.45) is 11.7 Å². The maximum atomic E-state index is 13.3. The first-order valence-corrected chi connectivity index (χ1v) is 4.91. The minimum absolute atomic E-state index is 0.311. The molecule has 0 spiro atoms. The number of benzene rings is 1. The molecule has 1 aliphatic carbocycles. The van der Waals surface area contributed by atoms with Crippen LogP contribution in [0.4, 0.5) is 4.39 Å². The average Bonchev–Trinajstić information content (AvgIpc) is 2.99. The van der Waals surface area contributed by atoms with Crippen LogP contribution in [0.15, 0.2) is 18.2 Å². The van der Waals surface area contributed by atoms with Gasteiger partial charge in [0, 0.05) is 6.54 Å². The Morgan fingerprint density at radius 2 is 2.21 bits per heavy atom. The van der Waals surface area contributed by atoms with E-state index in [4.69, 9.17) is 10.5 Å². The van der Waals surface area contributed by atoms with Gasteiger partial charge < -0.3 is 10.5 Å². The molecule has 0 amide bonds. The molecule has 1 fully saturated rings. The quantitative estimate of drug-likeness (QED) is 0.798. The molecule has 2 nitrogen and oxygen atoms in total. The summed E-state index contributed by atoms with van der Waals surface area (Å²) in [5, 5.41) is 0. The van der Waals surface area contributed by atoms with Gasteiger partial charge in [-0.05, 0) is 36.5 Å². The summed E-state index contributed by atoms with van der Waals surface area (Å²) in [6.07, 6.45) is 2.42. The summed E-state index contributed by atoms with van der Waals surface area (Å²) in [5.41, 5.74) is 6.19. The molecular formula is C11H14FNO. The number of rotatable bonds is 4. The van der Waals surface area contributed by atoms with Crippen LogP contribution >= 0.6 is 0 Å². The van der Waals surface area contributed by atoms with Crippen molar-refractivity contribution in [3.63, 3.8) is 0 Å². The van der Waals surface area contributed by atoms with Crippen molar-refractivity contribution in [1.82, 2.24) is 0 Å². The van der Waals surface area contributed by atoms with Gasteiger partial charge in [0.15, 0.2) is 11.6 Å². The molecule has 0 atom stereocenters. The lowest BCUT2D eigenvalue weighted by Crippen LogP contribution is -2.02. The monoisotopic (exact) mass is 195 g/mol. The topological polar surface area (TPSA) is 35.2 Å². The SMILES string of the molecule is NCc1ccc(OCC2CC2)c(F)c1. The molecule has 3 heteroatoms. The lowest BCUT2D eigenvalue weighted by Gasteiger charge is -2.07. The summed E-state index contributed by atoms with van der Waals surface area (Å²) in [6, 6.07) is 4.88. The first-order chi connectivity index (χ1) is 6.79. The van der Waals surface area contributed by atoms with Crippen molar-refractivity contribution in [1.29, 1.82) is 0 Å². The van der Waals surface area contributed by atoms with Crippen molar-refractivity contribution < 1.29 is 9.13 Å². The van der Waals surface area contributed by atoms with Gasteiger partial charge in [0.1, 0.15) is 0 Å². The van der Waals surface area contributed by atoms with Gasteiger partial charge in [-0.25, -0.2) is 4.39 Å². The normalized spacial score (nSPS) is 15.6. The van der Waals surface area contributed by atoms with Crippen molar-refractivity contribution >= 4 is 0 Å². The fourth-order valence-corrected chi connectivity index (χ4v) is 1.28. The van der Waals surface area contributed by atoms with Crippen LogP contribution in [0, 0.1) is 11.7 Å². The van der Waals surface area contributed by atoms with Gasteiger partial charge in [0.05, 0.1) is 6.61 Å². The number of ether oxygens (including phenoxy) is 1. The van der Waals surface area contributed by atoms with Crippen LogP contribution in [-0.4, -0.2) is 6.61 Å². The highest BCUT2D eigenvalue weighted by molar-refractivity contribution is 5.29. The molecule has 0 bridgehead atoms. The number of nitrogens with two attached hydrogens (primary N) is 1. The van der Waals surface area contributed by atoms with Crippen LogP contribution in [0.5, 0.6) is 5.75 Å². The van der Waals surface area contributed by atoms with E-state index in [1.807, 2.05) is 0 Å². The molecule has 0 aliphatic heterocycles. The van der Waals surface area contributed by atoms with Crippen molar-refractivity contribution in [3.05, 3.63) is 29.6 Å². The number of hydrogen-bond acceptors (Lipinski definition) is 2. The van der Waals surface area contributed by atoms with Crippen LogP contribution in [0.2, 0.25) is 0 Å². The molecular weight excluding hydrogens is 181 g/mol. The van der Waals surface area contributed by atoms with Crippen LogP contribution in [-0.2, 0) is 6.54 Å². The van der Waals surface area contributed by atoms with Gasteiger partial charge in [-0.1, -0.05) is 6.07 Å². The second-order valence-corrected chi connectivity index (χ2v) is 3.72. The molecule has 0 unspecified atom stereocenters. The molecule has 0 heterocycles. The highest BCUT2D eigenvalue weighted by atomic mass is 19.1. The zero-order chi connectivity index (χ0) is 9.97. The van der Waals surface area contributed by atoms with E-state index in [0.29, 0.717) is 24.8 Å². The minimum Gasteiger partial charge on any atom is -0.490 e. The summed E-state index contributed by atoms with van der Waals surface area (Å²) >= 11 is 0. The van der Waals surface area contributed by atoms with E-state index in [2.05, 4.69) is 0 Å². The number of halogens is 1. The standard InChI is InChI=1S/C11H14FNO/c12-10-5-9(6-13)3-4-11(10)14-7-8-1-2-8/h3-5,8H,1-2,6-7,13H2. The molecule has 14 heavy (non-hydrogen) atoms. The lowest BCUT2D eigenvalue weighted by molar-refractivity contribution is 0.285. The Balaban J connectivity index is 2.01. The van der Waals surface area contributed by atoms with Crippen LogP contribution in [0.3, 0.4) is 0 Å². The van der Waals surface area contributed by atoms with Gasteiger partial charge in [0.25, 0.3) is 0 Å². The Morgan fingerprint density at radius 3 is 2.79 bits per heavy atom. The third kappa shape index (κ3) is 2.23. The second kappa shape index (κ2) is 3.96. The van der Waals surface area contributed by atoms with Crippen molar-refractivity contribution in [2.75, 3.05) is 6.61 Å². The minimum atomic E-state index is -0.311. The van der Waals surface area contributed by atoms with E-state index >= 15 is 0 Å². The molecule has 0 aromatic heterocycles. The lowest BCUT2D eigenvalue weighted by atomic mass is 10.2. The fraction of sp³-hybridized carbons (Fsp3) is 0.455. The molecule has 0 saturated heterocycles. The Labute approximate surface area is 82.9 Å². The van der Waals surface area contributed by atoms with Gasteiger partial charge >= 0.3 is 0 Å². The summed E-state index contributed by atoms with van der Waals surface area (Å²) < 4.78 is 18.7. The van der Waals surface area contributed by atoms with Crippen LogP contribution in [0.1, 0.15) is 18.4 Å². The fourth-order valence-electron chi connectivity index (χ4n) is 1.28. The Hall–Kier alpha value is -1.09.